The van der Waals surface area contributed by atoms with E-state index in [2.05, 4.69) is 17.2 Å². The molecule has 0 spiro atoms. The second kappa shape index (κ2) is 8.10. The zero-order valence-corrected chi connectivity index (χ0v) is 17.1. The monoisotopic (exact) mass is 404 g/mol. The SMILES string of the molecule is Cc1ccc2cccc(NC(=O)c3ccc(N4CCC(C)CC4)c([N+](=O)[O-])c3)c2n1. The molecule has 7 heteroatoms. The number of para-hydroxylation sites is 1. The van der Waals surface area contributed by atoms with Crippen LogP contribution in [0.3, 0.4) is 0 Å². The third-order valence-electron chi connectivity index (χ3n) is 5.67. The Kier molecular flexibility index (Phi) is 5.35. The highest BCUT2D eigenvalue weighted by atomic mass is 16.6. The number of aryl methyl sites for hydroxylation is 1. The van der Waals surface area contributed by atoms with E-state index in [1.54, 1.807) is 18.2 Å². The van der Waals surface area contributed by atoms with E-state index in [9.17, 15) is 14.9 Å². The second-order valence-electron chi connectivity index (χ2n) is 7.91. The molecule has 0 aliphatic carbocycles. The number of amides is 1. The van der Waals surface area contributed by atoms with Crippen LogP contribution in [0, 0.1) is 23.0 Å². The molecule has 7 nitrogen and oxygen atoms in total. The van der Waals surface area contributed by atoms with Crippen molar-refractivity contribution in [1.82, 2.24) is 4.98 Å². The number of nitro groups is 1. The van der Waals surface area contributed by atoms with Gasteiger partial charge in [0, 0.05) is 35.8 Å². The molecule has 1 N–H and O–H groups in total. The molecule has 30 heavy (non-hydrogen) atoms. The smallest absolute Gasteiger partial charge is 0.293 e. The number of carbonyl (C=O) groups excluding carboxylic acids is 1. The van der Waals surface area contributed by atoms with E-state index in [4.69, 9.17) is 0 Å². The largest absolute Gasteiger partial charge is 0.366 e. The lowest BCUT2D eigenvalue weighted by Gasteiger charge is -2.31. The van der Waals surface area contributed by atoms with Gasteiger partial charge in [-0.3, -0.25) is 19.9 Å². The molecule has 1 aliphatic heterocycles. The number of benzene rings is 2. The van der Waals surface area contributed by atoms with Crippen LogP contribution in [0.25, 0.3) is 10.9 Å². The van der Waals surface area contributed by atoms with Crippen LogP contribution in [-0.4, -0.2) is 28.9 Å². The first-order valence-corrected chi connectivity index (χ1v) is 10.1. The van der Waals surface area contributed by atoms with Crippen LogP contribution in [0.15, 0.2) is 48.5 Å². The van der Waals surface area contributed by atoms with E-state index >= 15 is 0 Å². The third-order valence-corrected chi connectivity index (χ3v) is 5.67. The number of pyridine rings is 1. The highest BCUT2D eigenvalue weighted by Crippen LogP contribution is 2.33. The Bertz CT molecular complexity index is 1120. The molecule has 1 aliphatic rings. The van der Waals surface area contributed by atoms with Crippen molar-refractivity contribution in [2.45, 2.75) is 26.7 Å². The first kappa shape index (κ1) is 19.8. The summed E-state index contributed by atoms with van der Waals surface area (Å²) in [6.07, 6.45) is 2.01. The van der Waals surface area contributed by atoms with Crippen molar-refractivity contribution >= 4 is 33.9 Å². The van der Waals surface area contributed by atoms with Gasteiger partial charge in [-0.25, -0.2) is 0 Å². The number of anilines is 2. The number of rotatable bonds is 4. The summed E-state index contributed by atoms with van der Waals surface area (Å²) in [6, 6.07) is 14.1. The van der Waals surface area contributed by atoms with Gasteiger partial charge < -0.3 is 10.2 Å². The molecule has 2 aromatic carbocycles. The topological polar surface area (TPSA) is 88.4 Å². The Morgan fingerprint density at radius 2 is 1.93 bits per heavy atom. The lowest BCUT2D eigenvalue weighted by Crippen LogP contribution is -2.33. The molecular weight excluding hydrogens is 380 g/mol. The zero-order valence-electron chi connectivity index (χ0n) is 17.1. The summed E-state index contributed by atoms with van der Waals surface area (Å²) in [4.78, 5) is 30.7. The zero-order chi connectivity index (χ0) is 21.3. The number of fused-ring (bicyclic) bond motifs is 1. The van der Waals surface area contributed by atoms with Gasteiger partial charge in [0.1, 0.15) is 5.69 Å². The average Bonchev–Trinajstić information content (AvgIpc) is 2.74. The van der Waals surface area contributed by atoms with Crippen molar-refractivity contribution in [3.63, 3.8) is 0 Å². The molecule has 0 bridgehead atoms. The van der Waals surface area contributed by atoms with Gasteiger partial charge in [0.25, 0.3) is 11.6 Å². The van der Waals surface area contributed by atoms with Crippen molar-refractivity contribution in [3.05, 3.63) is 69.9 Å². The molecule has 0 unspecified atom stereocenters. The van der Waals surface area contributed by atoms with Crippen LogP contribution in [0.2, 0.25) is 0 Å². The Morgan fingerprint density at radius 1 is 1.17 bits per heavy atom. The summed E-state index contributed by atoms with van der Waals surface area (Å²) in [5.41, 5.74) is 2.91. The Labute approximate surface area is 174 Å². The van der Waals surface area contributed by atoms with Gasteiger partial charge in [-0.15, -0.1) is 0 Å². The highest BCUT2D eigenvalue weighted by Gasteiger charge is 2.25. The molecule has 0 radical (unpaired) electrons. The van der Waals surface area contributed by atoms with E-state index in [1.165, 1.54) is 6.07 Å². The Morgan fingerprint density at radius 3 is 2.67 bits per heavy atom. The summed E-state index contributed by atoms with van der Waals surface area (Å²) in [5, 5.41) is 15.5. The van der Waals surface area contributed by atoms with Crippen molar-refractivity contribution in [2.24, 2.45) is 5.92 Å². The summed E-state index contributed by atoms with van der Waals surface area (Å²) < 4.78 is 0. The Hall–Kier alpha value is -3.48. The van der Waals surface area contributed by atoms with Gasteiger partial charge in [-0.1, -0.05) is 25.1 Å². The number of nitrogens with one attached hydrogen (secondary N) is 1. The minimum atomic E-state index is -0.410. The van der Waals surface area contributed by atoms with Crippen LogP contribution in [-0.2, 0) is 0 Å². The summed E-state index contributed by atoms with van der Waals surface area (Å²) in [5.74, 6) is 0.232. The molecule has 3 aromatic rings. The maximum Gasteiger partial charge on any atom is 0.293 e. The number of nitrogens with zero attached hydrogens (tertiary/aromatic N) is 3. The van der Waals surface area contributed by atoms with Crippen LogP contribution < -0.4 is 10.2 Å². The van der Waals surface area contributed by atoms with Gasteiger partial charge >= 0.3 is 0 Å². The molecule has 0 atom stereocenters. The lowest BCUT2D eigenvalue weighted by molar-refractivity contribution is -0.384. The molecule has 1 saturated heterocycles. The molecular formula is C23H24N4O3. The van der Waals surface area contributed by atoms with Crippen molar-refractivity contribution in [2.75, 3.05) is 23.3 Å². The summed E-state index contributed by atoms with van der Waals surface area (Å²) in [7, 11) is 0. The number of carbonyl (C=O) groups is 1. The normalized spacial score (nSPS) is 14.7. The van der Waals surface area contributed by atoms with Crippen LogP contribution in [0.4, 0.5) is 17.1 Å². The highest BCUT2D eigenvalue weighted by molar-refractivity contribution is 6.08. The molecule has 154 valence electrons. The molecule has 1 fully saturated rings. The fourth-order valence-electron chi connectivity index (χ4n) is 3.87. The first-order chi connectivity index (χ1) is 14.4. The third kappa shape index (κ3) is 3.96. The summed E-state index contributed by atoms with van der Waals surface area (Å²) in [6.45, 7) is 5.66. The number of piperidine rings is 1. The number of hydrogen-bond acceptors (Lipinski definition) is 5. The van der Waals surface area contributed by atoms with Crippen LogP contribution >= 0.6 is 0 Å². The lowest BCUT2D eigenvalue weighted by atomic mass is 9.98. The summed E-state index contributed by atoms with van der Waals surface area (Å²) >= 11 is 0. The van der Waals surface area contributed by atoms with Crippen LogP contribution in [0.1, 0.15) is 35.8 Å². The fraction of sp³-hybridized carbons (Fsp3) is 0.304. The maximum absolute atomic E-state index is 12.9. The fourth-order valence-corrected chi connectivity index (χ4v) is 3.87. The minimum Gasteiger partial charge on any atom is -0.366 e. The standard InChI is InChI=1S/C23H24N4O3/c1-15-10-12-26(13-11-15)20-9-8-18(14-21(20)27(29)30)23(28)25-19-5-3-4-17-7-6-16(2)24-22(17)19/h3-9,14-15H,10-13H2,1-2H3,(H,25,28). The van der Waals surface area contributed by atoms with E-state index < -0.39 is 10.8 Å². The minimum absolute atomic E-state index is 0.0379. The molecule has 1 amide bonds. The second-order valence-corrected chi connectivity index (χ2v) is 7.91. The Balaban J connectivity index is 1.63. The van der Waals surface area contributed by atoms with Gasteiger partial charge in [0.05, 0.1) is 16.1 Å². The van der Waals surface area contributed by atoms with Gasteiger partial charge in [0.15, 0.2) is 0 Å². The predicted molar refractivity (Wildman–Crippen MR) is 118 cm³/mol. The average molecular weight is 404 g/mol. The van der Waals surface area contributed by atoms with Crippen molar-refractivity contribution in [3.8, 4) is 0 Å². The molecule has 1 aromatic heterocycles. The maximum atomic E-state index is 12.9. The van der Waals surface area contributed by atoms with E-state index in [0.29, 0.717) is 22.8 Å². The van der Waals surface area contributed by atoms with E-state index in [0.717, 1.165) is 37.0 Å². The number of aromatic nitrogens is 1. The van der Waals surface area contributed by atoms with E-state index in [1.807, 2.05) is 36.1 Å². The van der Waals surface area contributed by atoms with Gasteiger partial charge in [-0.05, 0) is 49.9 Å². The first-order valence-electron chi connectivity index (χ1n) is 10.1. The number of nitro benzene ring substituents is 1. The van der Waals surface area contributed by atoms with Crippen molar-refractivity contribution < 1.29 is 9.72 Å². The molecule has 2 heterocycles. The predicted octanol–water partition coefficient (Wildman–Crippen LogP) is 4.94. The molecule has 0 saturated carbocycles. The van der Waals surface area contributed by atoms with Gasteiger partial charge in [-0.2, -0.15) is 0 Å². The van der Waals surface area contributed by atoms with Gasteiger partial charge in [0.2, 0.25) is 0 Å². The van der Waals surface area contributed by atoms with E-state index in [-0.39, 0.29) is 11.3 Å². The number of hydrogen-bond donors (Lipinski definition) is 1. The molecule has 4 rings (SSSR count). The van der Waals surface area contributed by atoms with Crippen LogP contribution in [0.5, 0.6) is 0 Å². The quantitative estimate of drug-likeness (QED) is 0.491. The van der Waals surface area contributed by atoms with Crippen molar-refractivity contribution in [1.29, 1.82) is 0 Å².